The van der Waals surface area contributed by atoms with Crippen molar-refractivity contribution in [3.8, 4) is 0 Å². The lowest BCUT2D eigenvalue weighted by Crippen LogP contribution is -2.29. The summed E-state index contributed by atoms with van der Waals surface area (Å²) in [5, 5.41) is 0. The molecule has 1 aliphatic rings. The molecule has 8 nitrogen and oxygen atoms in total. The minimum absolute atomic E-state index is 0.146. The van der Waals surface area contributed by atoms with Crippen molar-refractivity contribution in [1.82, 2.24) is 0 Å². The lowest BCUT2D eigenvalue weighted by Gasteiger charge is -2.33. The van der Waals surface area contributed by atoms with E-state index in [1.165, 1.54) is 0 Å². The summed E-state index contributed by atoms with van der Waals surface area (Å²) in [6, 6.07) is 0. The molecule has 0 aromatic rings. The van der Waals surface area contributed by atoms with E-state index in [9.17, 15) is 4.57 Å². The second-order valence-corrected chi connectivity index (χ2v) is 7.60. The van der Waals surface area contributed by atoms with Crippen LogP contribution in [-0.4, -0.2) is 32.8 Å². The lowest BCUT2D eigenvalue weighted by molar-refractivity contribution is -0.254. The van der Waals surface area contributed by atoms with Gasteiger partial charge >= 0.3 is 7.82 Å². The van der Waals surface area contributed by atoms with E-state index in [2.05, 4.69) is 0 Å². The van der Waals surface area contributed by atoms with Gasteiger partial charge in [0.1, 0.15) is 6.35 Å². The van der Waals surface area contributed by atoms with E-state index in [0.29, 0.717) is 26.4 Å². The Morgan fingerprint density at radius 2 is 1.60 bits per heavy atom. The standard InChI is InChI=1S/C10H22O8P2/c1-5-12-17-19(18-13-6-2)9-16-20(11)14-7-10(3,4)8-15-20/h5-9H2,1-4H3. The van der Waals surface area contributed by atoms with E-state index in [-0.39, 0.29) is 11.8 Å². The second kappa shape index (κ2) is 8.73. The molecule has 0 spiro atoms. The second-order valence-electron chi connectivity index (χ2n) is 4.71. The van der Waals surface area contributed by atoms with Gasteiger partial charge in [-0.15, -0.1) is 0 Å². The predicted molar refractivity (Wildman–Crippen MR) is 71.6 cm³/mol. The van der Waals surface area contributed by atoms with Gasteiger partial charge in [0.15, 0.2) is 0 Å². The molecule has 1 saturated heterocycles. The molecule has 0 bridgehead atoms. The molecular formula is C10H22O8P2. The van der Waals surface area contributed by atoms with Crippen LogP contribution < -0.4 is 0 Å². The Hall–Kier alpha value is 0.380. The van der Waals surface area contributed by atoms with Crippen LogP contribution in [0.2, 0.25) is 0 Å². The minimum Gasteiger partial charge on any atom is -0.286 e. The third-order valence-electron chi connectivity index (χ3n) is 2.06. The molecule has 20 heavy (non-hydrogen) atoms. The monoisotopic (exact) mass is 332 g/mol. The Labute approximate surface area is 120 Å². The van der Waals surface area contributed by atoms with Gasteiger partial charge in [-0.2, -0.15) is 9.35 Å². The number of hydrogen-bond acceptors (Lipinski definition) is 8. The van der Waals surface area contributed by atoms with Crippen LogP contribution in [0.25, 0.3) is 0 Å². The number of hydrogen-bond donors (Lipinski definition) is 0. The zero-order chi connectivity index (χ0) is 15.1. The third-order valence-corrected chi connectivity index (χ3v) is 4.48. The molecule has 10 heteroatoms. The molecule has 1 heterocycles. The van der Waals surface area contributed by atoms with Gasteiger partial charge in [-0.1, -0.05) is 13.8 Å². The van der Waals surface area contributed by atoms with Crippen molar-refractivity contribution in [2.45, 2.75) is 27.7 Å². The summed E-state index contributed by atoms with van der Waals surface area (Å²) in [6.45, 7) is 8.67. The van der Waals surface area contributed by atoms with Gasteiger partial charge in [0.25, 0.3) is 8.38 Å². The Morgan fingerprint density at radius 3 is 2.05 bits per heavy atom. The van der Waals surface area contributed by atoms with Crippen molar-refractivity contribution in [1.29, 1.82) is 0 Å². The highest BCUT2D eigenvalue weighted by Gasteiger charge is 2.39. The first-order chi connectivity index (χ1) is 9.41. The minimum atomic E-state index is -3.57. The molecule has 0 saturated carbocycles. The van der Waals surface area contributed by atoms with E-state index in [4.69, 9.17) is 32.7 Å². The quantitative estimate of drug-likeness (QED) is 0.361. The van der Waals surface area contributed by atoms with Gasteiger partial charge in [-0.3, -0.25) is 13.6 Å². The molecule has 0 amide bonds. The maximum Gasteiger partial charge on any atom is 0.475 e. The van der Waals surface area contributed by atoms with Crippen LogP contribution in [0.5, 0.6) is 0 Å². The molecule has 1 rings (SSSR count). The molecule has 1 aliphatic heterocycles. The fourth-order valence-corrected chi connectivity index (χ4v) is 3.80. The molecule has 0 atom stereocenters. The van der Waals surface area contributed by atoms with Crippen molar-refractivity contribution in [2.75, 3.05) is 32.8 Å². The van der Waals surface area contributed by atoms with Crippen LogP contribution in [0.4, 0.5) is 0 Å². The van der Waals surface area contributed by atoms with Crippen LogP contribution in [0.3, 0.4) is 0 Å². The summed E-state index contributed by atoms with van der Waals surface area (Å²) in [5.41, 5.74) is -0.189. The van der Waals surface area contributed by atoms with Gasteiger partial charge in [-0.25, -0.2) is 14.3 Å². The smallest absolute Gasteiger partial charge is 0.286 e. The molecule has 0 aromatic heterocycles. The van der Waals surface area contributed by atoms with Gasteiger partial charge in [0.05, 0.1) is 26.4 Å². The first-order valence-corrected chi connectivity index (χ1v) is 9.13. The maximum atomic E-state index is 12.1. The molecular weight excluding hydrogens is 310 g/mol. The highest BCUT2D eigenvalue weighted by Crippen LogP contribution is 2.57. The van der Waals surface area contributed by atoms with Gasteiger partial charge in [-0.05, 0) is 13.8 Å². The van der Waals surface area contributed by atoms with Gasteiger partial charge < -0.3 is 0 Å². The molecule has 0 aliphatic carbocycles. The Kier molecular flexibility index (Phi) is 8.05. The highest BCUT2D eigenvalue weighted by molar-refractivity contribution is 7.51. The van der Waals surface area contributed by atoms with Crippen LogP contribution in [0, 0.1) is 5.41 Å². The van der Waals surface area contributed by atoms with E-state index in [0.717, 1.165) is 0 Å². The molecule has 120 valence electrons. The van der Waals surface area contributed by atoms with Crippen LogP contribution in [0.15, 0.2) is 0 Å². The van der Waals surface area contributed by atoms with Crippen molar-refractivity contribution >= 4 is 16.2 Å². The topological polar surface area (TPSA) is 81.7 Å². The summed E-state index contributed by atoms with van der Waals surface area (Å²) in [6.07, 6.45) is -0.146. The zero-order valence-corrected chi connectivity index (χ0v) is 14.0. The van der Waals surface area contributed by atoms with E-state index >= 15 is 0 Å². The Morgan fingerprint density at radius 1 is 1.10 bits per heavy atom. The van der Waals surface area contributed by atoms with E-state index in [1.54, 1.807) is 13.8 Å². The third kappa shape index (κ3) is 6.89. The van der Waals surface area contributed by atoms with Crippen molar-refractivity contribution < 1.29 is 37.3 Å². The lowest BCUT2D eigenvalue weighted by atomic mass is 9.97. The molecule has 0 N–H and O–H groups in total. The molecule has 0 aromatic carbocycles. The van der Waals surface area contributed by atoms with E-state index in [1.807, 2.05) is 13.8 Å². The highest BCUT2D eigenvalue weighted by atomic mass is 31.2. The number of phosphoric ester groups is 1. The zero-order valence-electron chi connectivity index (χ0n) is 12.2. The average Bonchev–Trinajstić information content (AvgIpc) is 2.42. The summed E-state index contributed by atoms with van der Waals surface area (Å²) in [4.78, 5) is 9.54. The largest absolute Gasteiger partial charge is 0.475 e. The van der Waals surface area contributed by atoms with Crippen molar-refractivity contribution in [3.63, 3.8) is 0 Å². The fraction of sp³-hybridized carbons (Fsp3) is 1.00. The van der Waals surface area contributed by atoms with Crippen LogP contribution in [0.1, 0.15) is 27.7 Å². The molecule has 0 radical (unpaired) electrons. The van der Waals surface area contributed by atoms with Crippen LogP contribution >= 0.6 is 16.2 Å². The SMILES string of the molecule is CCOOP(COP1(=O)OCC(C)(C)CO1)OOCC. The fourth-order valence-electron chi connectivity index (χ4n) is 1.06. The number of phosphoric acid groups is 1. The number of rotatable bonds is 9. The molecule has 0 unspecified atom stereocenters. The molecule has 1 fully saturated rings. The van der Waals surface area contributed by atoms with Crippen LogP contribution in [-0.2, 0) is 37.3 Å². The maximum absolute atomic E-state index is 12.1. The average molecular weight is 332 g/mol. The summed E-state index contributed by atoms with van der Waals surface area (Å²) in [7, 11) is -5.22. The Bertz CT molecular complexity index is 302. The first kappa shape index (κ1) is 18.4. The van der Waals surface area contributed by atoms with Crippen molar-refractivity contribution in [2.24, 2.45) is 5.41 Å². The van der Waals surface area contributed by atoms with Gasteiger partial charge in [0, 0.05) is 5.41 Å². The first-order valence-electron chi connectivity index (χ1n) is 6.31. The Balaban J connectivity index is 2.39. The van der Waals surface area contributed by atoms with Gasteiger partial charge in [0.2, 0.25) is 0 Å². The summed E-state index contributed by atoms with van der Waals surface area (Å²) < 4.78 is 37.5. The summed E-state index contributed by atoms with van der Waals surface area (Å²) >= 11 is 0. The summed E-state index contributed by atoms with van der Waals surface area (Å²) in [5.74, 6) is 0. The van der Waals surface area contributed by atoms with E-state index < -0.39 is 16.2 Å². The normalized spacial score (nSPS) is 21.2. The predicted octanol–water partition coefficient (Wildman–Crippen LogP) is 3.39. The van der Waals surface area contributed by atoms with Crippen molar-refractivity contribution in [3.05, 3.63) is 0 Å².